The van der Waals surface area contributed by atoms with Crippen LogP contribution >= 0.6 is 0 Å². The lowest BCUT2D eigenvalue weighted by atomic mass is 9.90. The summed E-state index contributed by atoms with van der Waals surface area (Å²) in [6.07, 6.45) is 6.19. The Morgan fingerprint density at radius 2 is 1.85 bits per heavy atom. The first kappa shape index (κ1) is 17.1. The van der Waals surface area contributed by atoms with E-state index in [2.05, 4.69) is 5.32 Å². The van der Waals surface area contributed by atoms with Crippen LogP contribution in [0.1, 0.15) is 51.0 Å². The molecule has 2 heterocycles. The number of urea groups is 1. The van der Waals surface area contributed by atoms with Crippen LogP contribution in [-0.2, 0) is 16.0 Å². The van der Waals surface area contributed by atoms with Crippen molar-refractivity contribution in [2.75, 3.05) is 11.4 Å². The molecule has 4 amide bonds. The number of hydrogen-bond donors (Lipinski definition) is 1. The fourth-order valence-electron chi connectivity index (χ4n) is 4.65. The van der Waals surface area contributed by atoms with Crippen molar-refractivity contribution in [3.05, 3.63) is 29.8 Å². The fourth-order valence-corrected chi connectivity index (χ4v) is 4.65. The van der Waals surface area contributed by atoms with E-state index < -0.39 is 11.6 Å². The number of rotatable bonds is 2. The average Bonchev–Trinajstić information content (AvgIpc) is 2.93. The predicted octanol–water partition coefficient (Wildman–Crippen LogP) is 2.61. The highest BCUT2D eigenvalue weighted by Gasteiger charge is 2.51. The molecule has 26 heavy (non-hydrogen) atoms. The third-order valence-corrected chi connectivity index (χ3v) is 5.97. The maximum atomic E-state index is 13.0. The van der Waals surface area contributed by atoms with Gasteiger partial charge in [0, 0.05) is 11.7 Å². The molecule has 1 spiro atoms. The molecular formula is C20H25N3O3. The van der Waals surface area contributed by atoms with Gasteiger partial charge < -0.3 is 10.2 Å². The van der Waals surface area contributed by atoms with E-state index in [0.717, 1.165) is 48.3 Å². The number of carbonyl (C=O) groups excluding carboxylic acids is 3. The SMILES string of the molecule is CC1Cc2ccccc2N1C(=O)CN1C(=O)NC2(CCCCCC2)C1=O. The van der Waals surface area contributed by atoms with Crippen LogP contribution in [0.25, 0.3) is 0 Å². The van der Waals surface area contributed by atoms with Crippen LogP contribution in [0, 0.1) is 0 Å². The second-order valence-electron chi connectivity index (χ2n) is 7.76. The molecule has 2 fully saturated rings. The van der Waals surface area contributed by atoms with Crippen molar-refractivity contribution >= 4 is 23.5 Å². The maximum Gasteiger partial charge on any atom is 0.325 e. The van der Waals surface area contributed by atoms with Gasteiger partial charge in [-0.25, -0.2) is 4.79 Å². The summed E-state index contributed by atoms with van der Waals surface area (Å²) in [4.78, 5) is 41.3. The number of benzene rings is 1. The van der Waals surface area contributed by atoms with E-state index in [1.807, 2.05) is 31.2 Å². The summed E-state index contributed by atoms with van der Waals surface area (Å²) in [6, 6.07) is 7.43. The van der Waals surface area contributed by atoms with E-state index in [1.54, 1.807) is 4.90 Å². The molecule has 0 bridgehead atoms. The van der Waals surface area contributed by atoms with E-state index in [9.17, 15) is 14.4 Å². The van der Waals surface area contributed by atoms with Crippen LogP contribution in [0.2, 0.25) is 0 Å². The lowest BCUT2D eigenvalue weighted by molar-refractivity contribution is -0.134. The maximum absolute atomic E-state index is 13.0. The number of amides is 4. The lowest BCUT2D eigenvalue weighted by Crippen LogP contribution is -2.48. The molecule has 3 aliphatic rings. The zero-order valence-electron chi connectivity index (χ0n) is 15.2. The molecule has 4 rings (SSSR count). The van der Waals surface area contributed by atoms with Crippen LogP contribution in [0.4, 0.5) is 10.5 Å². The Kier molecular flexibility index (Phi) is 4.21. The minimum atomic E-state index is -0.789. The minimum absolute atomic E-state index is 0.0347. The molecule has 1 saturated carbocycles. The summed E-state index contributed by atoms with van der Waals surface area (Å²) in [5, 5.41) is 2.90. The first-order valence-electron chi connectivity index (χ1n) is 9.56. The normalized spacial score (nSPS) is 24.6. The third kappa shape index (κ3) is 2.68. The molecule has 1 atom stereocenters. The smallest absolute Gasteiger partial charge is 0.323 e. The van der Waals surface area contributed by atoms with Crippen LogP contribution in [0.15, 0.2) is 24.3 Å². The topological polar surface area (TPSA) is 69.7 Å². The minimum Gasteiger partial charge on any atom is -0.323 e. The van der Waals surface area contributed by atoms with Gasteiger partial charge in [-0.3, -0.25) is 14.5 Å². The van der Waals surface area contributed by atoms with Gasteiger partial charge in [0.25, 0.3) is 5.91 Å². The number of hydrogen-bond acceptors (Lipinski definition) is 3. The molecule has 1 aliphatic carbocycles. The zero-order valence-corrected chi connectivity index (χ0v) is 15.2. The quantitative estimate of drug-likeness (QED) is 0.829. The van der Waals surface area contributed by atoms with Gasteiger partial charge in [0.2, 0.25) is 5.91 Å². The third-order valence-electron chi connectivity index (χ3n) is 5.97. The van der Waals surface area contributed by atoms with Crippen molar-refractivity contribution in [1.29, 1.82) is 0 Å². The molecule has 138 valence electrons. The Morgan fingerprint density at radius 3 is 2.58 bits per heavy atom. The second kappa shape index (κ2) is 6.41. The van der Waals surface area contributed by atoms with Crippen LogP contribution in [0.5, 0.6) is 0 Å². The Morgan fingerprint density at radius 1 is 1.15 bits per heavy atom. The van der Waals surface area contributed by atoms with Gasteiger partial charge in [-0.2, -0.15) is 0 Å². The summed E-state index contributed by atoms with van der Waals surface area (Å²) in [6.45, 7) is 1.81. The second-order valence-corrected chi connectivity index (χ2v) is 7.76. The van der Waals surface area contributed by atoms with Crippen molar-refractivity contribution < 1.29 is 14.4 Å². The van der Waals surface area contributed by atoms with E-state index in [1.165, 1.54) is 0 Å². The number of nitrogens with zero attached hydrogens (tertiary/aromatic N) is 2. The standard InChI is InChI=1S/C20H25N3O3/c1-14-12-15-8-4-5-9-16(15)23(14)17(24)13-22-18(25)20(21-19(22)26)10-6-2-3-7-11-20/h4-5,8-9,14H,2-3,6-7,10-13H2,1H3,(H,21,26). The molecule has 1 aromatic rings. The molecule has 0 aromatic heterocycles. The first-order chi connectivity index (χ1) is 12.5. The van der Waals surface area contributed by atoms with Crippen molar-refractivity contribution in [2.24, 2.45) is 0 Å². The monoisotopic (exact) mass is 355 g/mol. The van der Waals surface area contributed by atoms with E-state index >= 15 is 0 Å². The van der Waals surface area contributed by atoms with Gasteiger partial charge in [0.1, 0.15) is 12.1 Å². The Labute approximate surface area is 153 Å². The van der Waals surface area contributed by atoms with Crippen molar-refractivity contribution in [2.45, 2.75) is 63.5 Å². The Balaban J connectivity index is 1.53. The number of fused-ring (bicyclic) bond motifs is 1. The summed E-state index contributed by atoms with van der Waals surface area (Å²) in [5.41, 5.74) is 1.23. The molecule has 6 nitrogen and oxygen atoms in total. The van der Waals surface area contributed by atoms with Crippen molar-refractivity contribution in [3.8, 4) is 0 Å². The highest BCUT2D eigenvalue weighted by molar-refractivity contribution is 6.10. The number of anilines is 1. The Bertz CT molecular complexity index is 752. The first-order valence-corrected chi connectivity index (χ1v) is 9.56. The molecular weight excluding hydrogens is 330 g/mol. The van der Waals surface area contributed by atoms with Gasteiger partial charge in [0.15, 0.2) is 0 Å². The van der Waals surface area contributed by atoms with Gasteiger partial charge in [-0.05, 0) is 37.8 Å². The fraction of sp³-hybridized carbons (Fsp3) is 0.550. The zero-order chi connectivity index (χ0) is 18.3. The van der Waals surface area contributed by atoms with Crippen LogP contribution in [-0.4, -0.2) is 40.9 Å². The molecule has 6 heteroatoms. The highest BCUT2D eigenvalue weighted by Crippen LogP contribution is 2.34. The number of nitrogens with one attached hydrogen (secondary N) is 1. The largest absolute Gasteiger partial charge is 0.325 e. The average molecular weight is 355 g/mol. The van der Waals surface area contributed by atoms with Gasteiger partial charge in [0.05, 0.1) is 0 Å². The van der Waals surface area contributed by atoms with Gasteiger partial charge in [-0.15, -0.1) is 0 Å². The van der Waals surface area contributed by atoms with Crippen LogP contribution < -0.4 is 10.2 Å². The van der Waals surface area contributed by atoms with E-state index in [4.69, 9.17) is 0 Å². The summed E-state index contributed by atoms with van der Waals surface area (Å²) in [7, 11) is 0. The Hall–Kier alpha value is -2.37. The highest BCUT2D eigenvalue weighted by atomic mass is 16.2. The van der Waals surface area contributed by atoms with Gasteiger partial charge >= 0.3 is 6.03 Å². The van der Waals surface area contributed by atoms with Crippen molar-refractivity contribution in [3.63, 3.8) is 0 Å². The van der Waals surface area contributed by atoms with E-state index in [-0.39, 0.29) is 24.4 Å². The molecule has 1 N–H and O–H groups in total. The molecule has 1 saturated heterocycles. The van der Waals surface area contributed by atoms with Crippen LogP contribution in [0.3, 0.4) is 0 Å². The lowest BCUT2D eigenvalue weighted by Gasteiger charge is -2.26. The molecule has 1 aromatic carbocycles. The summed E-state index contributed by atoms with van der Waals surface area (Å²) >= 11 is 0. The number of imide groups is 1. The number of carbonyl (C=O) groups is 3. The molecule has 2 aliphatic heterocycles. The summed E-state index contributed by atoms with van der Waals surface area (Å²) in [5.74, 6) is -0.422. The van der Waals surface area contributed by atoms with Gasteiger partial charge in [-0.1, -0.05) is 43.9 Å². The number of para-hydroxylation sites is 1. The predicted molar refractivity (Wildman–Crippen MR) is 97.8 cm³/mol. The molecule has 0 radical (unpaired) electrons. The summed E-state index contributed by atoms with van der Waals surface area (Å²) < 4.78 is 0. The van der Waals surface area contributed by atoms with E-state index in [0.29, 0.717) is 12.8 Å². The van der Waals surface area contributed by atoms with Crippen molar-refractivity contribution in [1.82, 2.24) is 10.2 Å². The molecule has 1 unspecified atom stereocenters.